The molecule has 0 bridgehead atoms. The number of thioether (sulfide) groups is 1. The minimum absolute atomic E-state index is 0.227. The number of ether oxygens (including phenoxy) is 1. The van der Waals surface area contributed by atoms with E-state index in [0.29, 0.717) is 16.4 Å². The lowest BCUT2D eigenvalue weighted by molar-refractivity contribution is 0.102. The molecular formula is C15H13N3O2S3. The molecular weight excluding hydrogens is 350 g/mol. The predicted molar refractivity (Wildman–Crippen MR) is 94.7 cm³/mol. The lowest BCUT2D eigenvalue weighted by Crippen LogP contribution is -2.11. The number of amides is 1. The molecule has 0 aliphatic carbocycles. The fraction of sp³-hybridized carbons (Fsp3) is 0.133. The van der Waals surface area contributed by atoms with E-state index < -0.39 is 0 Å². The van der Waals surface area contributed by atoms with E-state index in [1.807, 2.05) is 6.07 Å². The van der Waals surface area contributed by atoms with Crippen molar-refractivity contribution in [2.24, 2.45) is 0 Å². The number of hydrogen-bond acceptors (Lipinski definition) is 7. The van der Waals surface area contributed by atoms with Crippen molar-refractivity contribution in [3.05, 3.63) is 52.2 Å². The number of benzene rings is 1. The second-order valence-electron chi connectivity index (χ2n) is 4.43. The first-order valence-corrected chi connectivity index (χ1v) is 9.37. The molecule has 0 saturated heterocycles. The van der Waals surface area contributed by atoms with Crippen LogP contribution in [0.15, 0.2) is 46.1 Å². The van der Waals surface area contributed by atoms with Crippen molar-refractivity contribution in [1.29, 1.82) is 0 Å². The fourth-order valence-electron chi connectivity index (χ4n) is 1.78. The van der Waals surface area contributed by atoms with Gasteiger partial charge in [0, 0.05) is 16.2 Å². The Kier molecular flexibility index (Phi) is 5.27. The summed E-state index contributed by atoms with van der Waals surface area (Å²) in [6, 6.07) is 11.1. The zero-order chi connectivity index (χ0) is 16.1. The lowest BCUT2D eigenvalue weighted by atomic mass is 10.2. The Morgan fingerprint density at radius 1 is 1.30 bits per heavy atom. The first-order valence-electron chi connectivity index (χ1n) is 6.68. The molecule has 1 aromatic carbocycles. The number of methoxy groups -OCH3 is 1. The molecule has 2 aromatic heterocycles. The van der Waals surface area contributed by atoms with Gasteiger partial charge >= 0.3 is 0 Å². The average molecular weight is 363 g/mol. The minimum atomic E-state index is -0.227. The molecule has 1 N–H and O–H groups in total. The Balaban J connectivity index is 1.60. The Labute approximate surface area is 145 Å². The number of thiophene rings is 1. The zero-order valence-corrected chi connectivity index (χ0v) is 14.6. The van der Waals surface area contributed by atoms with Gasteiger partial charge in [0.1, 0.15) is 5.75 Å². The Morgan fingerprint density at radius 2 is 2.22 bits per heavy atom. The second-order valence-corrected chi connectivity index (χ2v) is 7.66. The van der Waals surface area contributed by atoms with Crippen LogP contribution >= 0.6 is 34.4 Å². The molecule has 1 amide bonds. The van der Waals surface area contributed by atoms with Gasteiger partial charge in [0.05, 0.1) is 7.11 Å². The van der Waals surface area contributed by atoms with E-state index in [9.17, 15) is 4.79 Å². The van der Waals surface area contributed by atoms with E-state index >= 15 is 0 Å². The van der Waals surface area contributed by atoms with Gasteiger partial charge in [-0.05, 0) is 29.6 Å². The molecule has 2 heterocycles. The third-order valence-electron chi connectivity index (χ3n) is 2.88. The molecule has 0 aliphatic heterocycles. The van der Waals surface area contributed by atoms with Gasteiger partial charge in [0.15, 0.2) is 4.34 Å². The van der Waals surface area contributed by atoms with Gasteiger partial charge in [0.25, 0.3) is 5.91 Å². The van der Waals surface area contributed by atoms with Gasteiger partial charge < -0.3 is 4.74 Å². The molecule has 3 rings (SSSR count). The first-order chi connectivity index (χ1) is 11.2. The normalized spacial score (nSPS) is 10.5. The molecule has 0 aliphatic rings. The maximum absolute atomic E-state index is 12.2. The largest absolute Gasteiger partial charge is 0.497 e. The van der Waals surface area contributed by atoms with Crippen molar-refractivity contribution in [2.75, 3.05) is 12.4 Å². The summed E-state index contributed by atoms with van der Waals surface area (Å²) in [5.41, 5.74) is 0.521. The van der Waals surface area contributed by atoms with E-state index in [2.05, 4.69) is 27.0 Å². The van der Waals surface area contributed by atoms with E-state index in [1.165, 1.54) is 16.2 Å². The van der Waals surface area contributed by atoms with Crippen LogP contribution in [0.5, 0.6) is 5.75 Å². The van der Waals surface area contributed by atoms with Crippen LogP contribution in [0.3, 0.4) is 0 Å². The maximum atomic E-state index is 12.2. The summed E-state index contributed by atoms with van der Waals surface area (Å²) in [6.45, 7) is 0. The van der Waals surface area contributed by atoms with Crippen LogP contribution in [0.4, 0.5) is 5.13 Å². The standard InChI is InChI=1S/C15H13N3O2S3/c1-20-11-5-2-4-10(8-11)13(19)16-14-17-18-15(23-14)22-9-12-6-3-7-21-12/h2-8H,9H2,1H3,(H,16,17,19). The highest BCUT2D eigenvalue weighted by molar-refractivity contribution is 8.00. The summed E-state index contributed by atoms with van der Waals surface area (Å²) < 4.78 is 5.95. The molecule has 3 aromatic rings. The molecule has 8 heteroatoms. The highest BCUT2D eigenvalue weighted by Crippen LogP contribution is 2.29. The quantitative estimate of drug-likeness (QED) is 0.526. The smallest absolute Gasteiger partial charge is 0.257 e. The minimum Gasteiger partial charge on any atom is -0.497 e. The number of hydrogen-bond donors (Lipinski definition) is 1. The van der Waals surface area contributed by atoms with Crippen LogP contribution in [-0.2, 0) is 5.75 Å². The van der Waals surface area contributed by atoms with E-state index in [4.69, 9.17) is 4.74 Å². The van der Waals surface area contributed by atoms with Crippen molar-refractivity contribution in [1.82, 2.24) is 10.2 Å². The molecule has 23 heavy (non-hydrogen) atoms. The van der Waals surface area contributed by atoms with Crippen LogP contribution in [0.2, 0.25) is 0 Å². The highest BCUT2D eigenvalue weighted by atomic mass is 32.2. The summed E-state index contributed by atoms with van der Waals surface area (Å²) in [4.78, 5) is 13.5. The number of anilines is 1. The van der Waals surface area contributed by atoms with Gasteiger partial charge in [-0.25, -0.2) is 0 Å². The third kappa shape index (κ3) is 4.31. The summed E-state index contributed by atoms with van der Waals surface area (Å²) in [5.74, 6) is 1.27. The molecule has 0 spiro atoms. The van der Waals surface area contributed by atoms with E-state index in [-0.39, 0.29) is 5.91 Å². The summed E-state index contributed by atoms with van der Waals surface area (Å²) >= 11 is 4.70. The van der Waals surface area contributed by atoms with E-state index in [0.717, 1.165) is 10.1 Å². The number of rotatable bonds is 6. The van der Waals surface area contributed by atoms with Crippen LogP contribution in [-0.4, -0.2) is 23.2 Å². The molecule has 0 radical (unpaired) electrons. The van der Waals surface area contributed by atoms with Crippen molar-refractivity contribution in [3.8, 4) is 5.75 Å². The molecule has 5 nitrogen and oxygen atoms in total. The van der Waals surface area contributed by atoms with Gasteiger partial charge in [-0.1, -0.05) is 35.2 Å². The number of aromatic nitrogens is 2. The first kappa shape index (κ1) is 16.0. The predicted octanol–water partition coefficient (Wildman–Crippen LogP) is 4.15. The van der Waals surface area contributed by atoms with Crippen LogP contribution < -0.4 is 10.1 Å². The number of nitrogens with one attached hydrogen (secondary N) is 1. The highest BCUT2D eigenvalue weighted by Gasteiger charge is 2.11. The van der Waals surface area contributed by atoms with Crippen molar-refractivity contribution in [3.63, 3.8) is 0 Å². The lowest BCUT2D eigenvalue weighted by Gasteiger charge is -2.03. The molecule has 0 atom stereocenters. The molecule has 118 valence electrons. The van der Waals surface area contributed by atoms with Gasteiger partial charge in [-0.3, -0.25) is 10.1 Å². The van der Waals surface area contributed by atoms with Gasteiger partial charge in [0.2, 0.25) is 5.13 Å². The van der Waals surface area contributed by atoms with Crippen LogP contribution in [0, 0.1) is 0 Å². The van der Waals surface area contributed by atoms with Gasteiger partial charge in [-0.15, -0.1) is 21.5 Å². The average Bonchev–Trinajstić information content (AvgIpc) is 3.24. The fourth-order valence-corrected chi connectivity index (χ4v) is 4.30. The zero-order valence-electron chi connectivity index (χ0n) is 12.2. The summed E-state index contributed by atoms with van der Waals surface area (Å²) in [7, 11) is 1.57. The Bertz CT molecular complexity index is 787. The molecule has 0 unspecified atom stereocenters. The Hall–Kier alpha value is -1.90. The van der Waals surface area contributed by atoms with Crippen molar-refractivity contribution in [2.45, 2.75) is 10.1 Å². The van der Waals surface area contributed by atoms with Crippen LogP contribution in [0.25, 0.3) is 0 Å². The monoisotopic (exact) mass is 363 g/mol. The summed E-state index contributed by atoms with van der Waals surface area (Å²) in [5, 5.41) is 13.4. The number of carbonyl (C=O) groups excluding carboxylic acids is 1. The number of carbonyl (C=O) groups is 1. The van der Waals surface area contributed by atoms with Crippen molar-refractivity contribution >= 4 is 45.5 Å². The third-order valence-corrected chi connectivity index (χ3v) is 5.96. The van der Waals surface area contributed by atoms with Crippen molar-refractivity contribution < 1.29 is 9.53 Å². The SMILES string of the molecule is COc1cccc(C(=O)Nc2nnc(SCc3cccs3)s2)c1. The maximum Gasteiger partial charge on any atom is 0.257 e. The summed E-state index contributed by atoms with van der Waals surface area (Å²) in [6.07, 6.45) is 0. The van der Waals surface area contributed by atoms with E-state index in [1.54, 1.807) is 54.5 Å². The second kappa shape index (κ2) is 7.58. The number of nitrogens with zero attached hydrogens (tertiary/aromatic N) is 2. The molecule has 0 saturated carbocycles. The Morgan fingerprint density at radius 3 is 3.00 bits per heavy atom. The molecule has 0 fully saturated rings. The van der Waals surface area contributed by atoms with Gasteiger partial charge in [-0.2, -0.15) is 0 Å². The van der Waals surface area contributed by atoms with Crippen LogP contribution in [0.1, 0.15) is 15.2 Å². The topological polar surface area (TPSA) is 64.1 Å².